The van der Waals surface area contributed by atoms with Gasteiger partial charge in [0, 0.05) is 25.3 Å². The number of nitrogens with one attached hydrogen (secondary N) is 2. The highest BCUT2D eigenvalue weighted by Crippen LogP contribution is 2.31. The van der Waals surface area contributed by atoms with Crippen LogP contribution in [0, 0.1) is 0 Å². The van der Waals surface area contributed by atoms with Gasteiger partial charge in [-0.2, -0.15) is 0 Å². The largest absolute Gasteiger partial charge is 0.493 e. The number of benzene rings is 1. The van der Waals surface area contributed by atoms with Crippen LogP contribution in [-0.4, -0.2) is 51.8 Å². The number of carbonyl (C=O) groups is 1. The number of alkyl halides is 2. The van der Waals surface area contributed by atoms with Gasteiger partial charge in [-0.05, 0) is 12.1 Å². The summed E-state index contributed by atoms with van der Waals surface area (Å²) in [7, 11) is 3.06. The van der Waals surface area contributed by atoms with Crippen molar-refractivity contribution in [3.63, 3.8) is 0 Å². The Bertz CT molecular complexity index is 554. The maximum Gasteiger partial charge on any atom is 0.262 e. The van der Waals surface area contributed by atoms with E-state index < -0.39 is 30.8 Å². The molecule has 128 valence electrons. The van der Waals surface area contributed by atoms with Crippen molar-refractivity contribution in [1.29, 1.82) is 0 Å². The van der Waals surface area contributed by atoms with E-state index in [4.69, 9.17) is 14.2 Å². The van der Waals surface area contributed by atoms with Crippen molar-refractivity contribution < 1.29 is 27.8 Å². The lowest BCUT2D eigenvalue weighted by molar-refractivity contribution is -0.118. The average Bonchev–Trinajstić information content (AvgIpc) is 2.88. The van der Waals surface area contributed by atoms with Gasteiger partial charge in [0.15, 0.2) is 11.5 Å². The first-order chi connectivity index (χ1) is 10.9. The molecule has 0 radical (unpaired) electrons. The van der Waals surface area contributed by atoms with Crippen LogP contribution < -0.4 is 20.1 Å². The molecule has 1 atom stereocenters. The Hall–Kier alpha value is -1.93. The van der Waals surface area contributed by atoms with E-state index in [1.54, 1.807) is 25.3 Å². The Morgan fingerprint density at radius 3 is 2.74 bits per heavy atom. The third-order valence-corrected chi connectivity index (χ3v) is 3.40. The molecule has 0 aromatic heterocycles. The SMILES string of the molecule is COCCOc1cc(NC(=O)C2CC(F)(F)CN2)ccc1OC. The van der Waals surface area contributed by atoms with Gasteiger partial charge >= 0.3 is 0 Å². The van der Waals surface area contributed by atoms with Crippen molar-refractivity contribution in [3.05, 3.63) is 18.2 Å². The van der Waals surface area contributed by atoms with Crippen LogP contribution in [0.25, 0.3) is 0 Å². The van der Waals surface area contributed by atoms with Crippen molar-refractivity contribution in [2.45, 2.75) is 18.4 Å². The molecule has 8 heteroatoms. The predicted molar refractivity (Wildman–Crippen MR) is 80.3 cm³/mol. The third kappa shape index (κ3) is 4.77. The Kier molecular flexibility index (Phi) is 5.73. The zero-order chi connectivity index (χ0) is 16.9. The van der Waals surface area contributed by atoms with Gasteiger partial charge in [-0.3, -0.25) is 10.1 Å². The molecular formula is C15H20F2N2O4. The van der Waals surface area contributed by atoms with E-state index in [0.717, 1.165) is 0 Å². The summed E-state index contributed by atoms with van der Waals surface area (Å²) in [4.78, 5) is 12.0. The second-order valence-electron chi connectivity index (χ2n) is 5.19. The number of hydrogen-bond donors (Lipinski definition) is 2. The van der Waals surface area contributed by atoms with Crippen LogP contribution in [0.1, 0.15) is 6.42 Å². The molecule has 2 rings (SSSR count). The topological polar surface area (TPSA) is 68.8 Å². The van der Waals surface area contributed by atoms with Crippen LogP contribution in [0.4, 0.5) is 14.5 Å². The fraction of sp³-hybridized carbons (Fsp3) is 0.533. The molecule has 6 nitrogen and oxygen atoms in total. The highest BCUT2D eigenvalue weighted by molar-refractivity contribution is 5.95. The van der Waals surface area contributed by atoms with E-state index in [2.05, 4.69) is 10.6 Å². The number of halogens is 2. The van der Waals surface area contributed by atoms with E-state index in [9.17, 15) is 13.6 Å². The lowest BCUT2D eigenvalue weighted by Gasteiger charge is -2.14. The van der Waals surface area contributed by atoms with Crippen molar-refractivity contribution in [2.24, 2.45) is 0 Å². The second-order valence-corrected chi connectivity index (χ2v) is 5.19. The first-order valence-electron chi connectivity index (χ1n) is 7.17. The molecule has 2 N–H and O–H groups in total. The molecule has 0 saturated carbocycles. The molecule has 1 aliphatic rings. The van der Waals surface area contributed by atoms with Crippen LogP contribution in [0.2, 0.25) is 0 Å². The number of anilines is 1. The van der Waals surface area contributed by atoms with Crippen molar-refractivity contribution in [2.75, 3.05) is 39.3 Å². The molecule has 1 fully saturated rings. The van der Waals surface area contributed by atoms with Gasteiger partial charge in [-0.1, -0.05) is 0 Å². The van der Waals surface area contributed by atoms with Gasteiger partial charge in [-0.15, -0.1) is 0 Å². The first kappa shape index (κ1) is 17.4. The Morgan fingerprint density at radius 1 is 1.35 bits per heavy atom. The first-order valence-corrected chi connectivity index (χ1v) is 7.17. The summed E-state index contributed by atoms with van der Waals surface area (Å²) in [5.74, 6) is -2.41. The van der Waals surface area contributed by atoms with Gasteiger partial charge < -0.3 is 19.5 Å². The summed E-state index contributed by atoms with van der Waals surface area (Å²) in [5, 5.41) is 5.11. The summed E-state index contributed by atoms with van der Waals surface area (Å²) < 4.78 is 41.9. The van der Waals surface area contributed by atoms with Crippen LogP contribution in [0.3, 0.4) is 0 Å². The van der Waals surface area contributed by atoms with E-state index in [0.29, 0.717) is 30.4 Å². The number of amides is 1. The van der Waals surface area contributed by atoms with Gasteiger partial charge in [0.2, 0.25) is 5.91 Å². The summed E-state index contributed by atoms with van der Waals surface area (Å²) in [5.41, 5.74) is 0.445. The quantitative estimate of drug-likeness (QED) is 0.744. The molecule has 1 amide bonds. The zero-order valence-corrected chi connectivity index (χ0v) is 13.0. The number of carbonyl (C=O) groups excluding carboxylic acids is 1. The molecule has 1 aromatic rings. The van der Waals surface area contributed by atoms with Crippen LogP contribution in [0.5, 0.6) is 11.5 Å². The normalized spacial score (nSPS) is 19.4. The third-order valence-electron chi connectivity index (χ3n) is 3.40. The maximum absolute atomic E-state index is 13.1. The number of hydrogen-bond acceptors (Lipinski definition) is 5. The zero-order valence-electron chi connectivity index (χ0n) is 13.0. The molecule has 1 unspecified atom stereocenters. The summed E-state index contributed by atoms with van der Waals surface area (Å²) in [6.45, 7) is 0.237. The van der Waals surface area contributed by atoms with Gasteiger partial charge in [-0.25, -0.2) is 8.78 Å². The second kappa shape index (κ2) is 7.56. The number of ether oxygens (including phenoxy) is 3. The van der Waals surface area contributed by atoms with Crippen molar-refractivity contribution in [1.82, 2.24) is 5.32 Å². The maximum atomic E-state index is 13.1. The van der Waals surface area contributed by atoms with Crippen LogP contribution >= 0.6 is 0 Å². The highest BCUT2D eigenvalue weighted by Gasteiger charge is 2.42. The number of rotatable bonds is 7. The van der Waals surface area contributed by atoms with Crippen molar-refractivity contribution in [3.8, 4) is 11.5 Å². The standard InChI is InChI=1S/C15H20F2N2O4/c1-21-5-6-23-13-7-10(3-4-12(13)22-2)19-14(20)11-8-15(16,17)9-18-11/h3-4,7,11,18H,5-6,8-9H2,1-2H3,(H,19,20). The van der Waals surface area contributed by atoms with E-state index in [1.165, 1.54) is 7.11 Å². The van der Waals surface area contributed by atoms with Crippen LogP contribution in [0.15, 0.2) is 18.2 Å². The fourth-order valence-corrected chi connectivity index (χ4v) is 2.23. The predicted octanol–water partition coefficient (Wildman–Crippen LogP) is 1.66. The molecular weight excluding hydrogens is 310 g/mol. The van der Waals surface area contributed by atoms with Gasteiger partial charge in [0.05, 0.1) is 26.3 Å². The Labute approximate surface area is 133 Å². The van der Waals surface area contributed by atoms with E-state index in [-0.39, 0.29) is 0 Å². The minimum Gasteiger partial charge on any atom is -0.493 e. The lowest BCUT2D eigenvalue weighted by Crippen LogP contribution is -2.35. The Morgan fingerprint density at radius 2 is 2.13 bits per heavy atom. The highest BCUT2D eigenvalue weighted by atomic mass is 19.3. The summed E-state index contributed by atoms with van der Waals surface area (Å²) in [6.07, 6.45) is -0.508. The van der Waals surface area contributed by atoms with E-state index in [1.807, 2.05) is 0 Å². The van der Waals surface area contributed by atoms with Crippen molar-refractivity contribution >= 4 is 11.6 Å². The number of methoxy groups -OCH3 is 2. The molecule has 0 spiro atoms. The van der Waals surface area contributed by atoms with E-state index >= 15 is 0 Å². The average molecular weight is 330 g/mol. The molecule has 1 aliphatic heterocycles. The molecule has 1 aromatic carbocycles. The molecule has 0 aliphatic carbocycles. The molecule has 23 heavy (non-hydrogen) atoms. The van der Waals surface area contributed by atoms with Crippen LogP contribution in [-0.2, 0) is 9.53 Å². The molecule has 1 saturated heterocycles. The lowest BCUT2D eigenvalue weighted by atomic mass is 10.1. The van der Waals surface area contributed by atoms with Gasteiger partial charge in [0.1, 0.15) is 6.61 Å². The fourth-order valence-electron chi connectivity index (χ4n) is 2.23. The summed E-state index contributed by atoms with van der Waals surface area (Å²) >= 11 is 0. The smallest absolute Gasteiger partial charge is 0.262 e. The minimum atomic E-state index is -2.85. The van der Waals surface area contributed by atoms with Gasteiger partial charge in [0.25, 0.3) is 5.92 Å². The Balaban J connectivity index is 2.02. The molecule has 1 heterocycles. The minimum absolute atomic E-state index is 0.320. The summed E-state index contributed by atoms with van der Waals surface area (Å²) in [6, 6.07) is 3.92. The molecule has 0 bridgehead atoms. The monoisotopic (exact) mass is 330 g/mol.